The lowest BCUT2D eigenvalue weighted by atomic mass is 10.2. The van der Waals surface area contributed by atoms with Gasteiger partial charge in [-0.05, 0) is 50.2 Å². The minimum atomic E-state index is 0.339. The number of aromatic nitrogens is 1. The molecule has 1 fully saturated rings. The number of ether oxygens (including phenoxy) is 1. The van der Waals surface area contributed by atoms with Crippen LogP contribution in [0.3, 0.4) is 0 Å². The number of rotatable bonds is 7. The first kappa shape index (κ1) is 17.6. The Hall–Kier alpha value is -1.78. The van der Waals surface area contributed by atoms with Gasteiger partial charge in [-0.3, -0.25) is 0 Å². The topological polar surface area (TPSA) is 58.5 Å². The van der Waals surface area contributed by atoms with Crippen molar-refractivity contribution in [3.63, 3.8) is 0 Å². The molecule has 5 nitrogen and oxygen atoms in total. The number of hydrogen-bond donors (Lipinski definition) is 2. The standard InChI is InChI=1S/C18H30N4O/c1-4-19-18(21-12-14(2)3)22-13-15-9-10-20-17(11-15)23-16-7-5-6-8-16/h9-11,14,16H,4-8,12-13H2,1-3H3,(H2,19,21,22). The highest BCUT2D eigenvalue weighted by Crippen LogP contribution is 2.23. The third-order valence-corrected chi connectivity index (χ3v) is 3.83. The van der Waals surface area contributed by atoms with E-state index in [1.165, 1.54) is 12.8 Å². The third kappa shape index (κ3) is 6.47. The van der Waals surface area contributed by atoms with Crippen LogP contribution >= 0.6 is 0 Å². The quantitative estimate of drug-likeness (QED) is 0.599. The molecule has 0 unspecified atom stereocenters. The zero-order chi connectivity index (χ0) is 16.5. The Labute approximate surface area is 139 Å². The molecule has 0 spiro atoms. The number of nitrogens with one attached hydrogen (secondary N) is 2. The second kappa shape index (κ2) is 9.38. The predicted octanol–water partition coefficient (Wildman–Crippen LogP) is 3.11. The van der Waals surface area contributed by atoms with Gasteiger partial charge in [0.05, 0.1) is 6.54 Å². The Bertz CT molecular complexity index is 496. The molecule has 0 aromatic carbocycles. The van der Waals surface area contributed by atoms with Crippen molar-refractivity contribution in [2.75, 3.05) is 13.1 Å². The molecule has 1 aliphatic carbocycles. The number of aliphatic imine (C=N–C) groups is 1. The first-order valence-electron chi connectivity index (χ1n) is 8.81. The summed E-state index contributed by atoms with van der Waals surface area (Å²) in [5.74, 6) is 2.17. The molecule has 1 aromatic heterocycles. The fourth-order valence-electron chi connectivity index (χ4n) is 2.60. The maximum Gasteiger partial charge on any atom is 0.213 e. The number of hydrogen-bond acceptors (Lipinski definition) is 3. The lowest BCUT2D eigenvalue weighted by Gasteiger charge is -2.14. The van der Waals surface area contributed by atoms with E-state index in [1.807, 2.05) is 18.3 Å². The normalized spacial score (nSPS) is 15.9. The summed E-state index contributed by atoms with van der Waals surface area (Å²) in [6.45, 7) is 8.84. The third-order valence-electron chi connectivity index (χ3n) is 3.83. The number of nitrogens with zero attached hydrogens (tertiary/aromatic N) is 2. The van der Waals surface area contributed by atoms with Gasteiger partial charge < -0.3 is 15.4 Å². The van der Waals surface area contributed by atoms with Crippen molar-refractivity contribution in [1.82, 2.24) is 15.6 Å². The Morgan fingerprint density at radius 3 is 2.83 bits per heavy atom. The summed E-state index contributed by atoms with van der Waals surface area (Å²) in [5.41, 5.74) is 1.12. The van der Waals surface area contributed by atoms with Crippen LogP contribution in [-0.2, 0) is 6.54 Å². The highest BCUT2D eigenvalue weighted by Gasteiger charge is 2.16. The molecule has 0 saturated heterocycles. The summed E-state index contributed by atoms with van der Waals surface area (Å²) in [6.07, 6.45) is 6.97. The van der Waals surface area contributed by atoms with Gasteiger partial charge in [-0.25, -0.2) is 9.98 Å². The van der Waals surface area contributed by atoms with E-state index in [4.69, 9.17) is 4.74 Å². The van der Waals surface area contributed by atoms with Crippen LogP contribution in [0, 0.1) is 5.92 Å². The van der Waals surface area contributed by atoms with E-state index in [-0.39, 0.29) is 0 Å². The highest BCUT2D eigenvalue weighted by atomic mass is 16.5. The molecule has 1 aromatic rings. The van der Waals surface area contributed by atoms with E-state index in [0.717, 1.165) is 43.3 Å². The fourth-order valence-corrected chi connectivity index (χ4v) is 2.60. The van der Waals surface area contributed by atoms with Gasteiger partial charge in [0.2, 0.25) is 5.88 Å². The van der Waals surface area contributed by atoms with Crippen molar-refractivity contribution in [3.8, 4) is 5.88 Å². The predicted molar refractivity (Wildman–Crippen MR) is 94.8 cm³/mol. The molecule has 23 heavy (non-hydrogen) atoms. The minimum Gasteiger partial charge on any atom is -0.474 e. The van der Waals surface area contributed by atoms with Crippen LogP contribution < -0.4 is 15.4 Å². The Kier molecular flexibility index (Phi) is 7.17. The maximum atomic E-state index is 5.96. The van der Waals surface area contributed by atoms with E-state index < -0.39 is 0 Å². The van der Waals surface area contributed by atoms with Crippen molar-refractivity contribution in [2.24, 2.45) is 10.9 Å². The van der Waals surface area contributed by atoms with Crippen LogP contribution in [0.5, 0.6) is 5.88 Å². The molecule has 0 radical (unpaired) electrons. The van der Waals surface area contributed by atoms with E-state index in [0.29, 0.717) is 18.6 Å². The monoisotopic (exact) mass is 318 g/mol. The second-order valence-electron chi connectivity index (χ2n) is 6.50. The van der Waals surface area contributed by atoms with Crippen molar-refractivity contribution < 1.29 is 4.74 Å². The molecule has 128 valence electrons. The molecule has 0 amide bonds. The smallest absolute Gasteiger partial charge is 0.213 e. The molecule has 0 atom stereocenters. The molecule has 0 bridgehead atoms. The first-order valence-corrected chi connectivity index (χ1v) is 8.81. The molecule has 0 aliphatic heterocycles. The van der Waals surface area contributed by atoms with Gasteiger partial charge in [-0.2, -0.15) is 0 Å². The zero-order valence-electron chi connectivity index (χ0n) is 14.6. The van der Waals surface area contributed by atoms with Crippen LogP contribution in [0.4, 0.5) is 0 Å². The number of pyridine rings is 1. The molecular weight excluding hydrogens is 288 g/mol. The first-order chi connectivity index (χ1) is 11.2. The molecule has 2 N–H and O–H groups in total. The highest BCUT2D eigenvalue weighted by molar-refractivity contribution is 5.79. The number of guanidine groups is 1. The van der Waals surface area contributed by atoms with Gasteiger partial charge in [0, 0.05) is 25.4 Å². The van der Waals surface area contributed by atoms with Gasteiger partial charge >= 0.3 is 0 Å². The van der Waals surface area contributed by atoms with Crippen LogP contribution in [-0.4, -0.2) is 30.1 Å². The van der Waals surface area contributed by atoms with Crippen molar-refractivity contribution in [2.45, 2.75) is 59.1 Å². The summed E-state index contributed by atoms with van der Waals surface area (Å²) in [7, 11) is 0. The second-order valence-corrected chi connectivity index (χ2v) is 6.50. The van der Waals surface area contributed by atoms with Gasteiger partial charge in [0.25, 0.3) is 0 Å². The summed E-state index contributed by atoms with van der Waals surface area (Å²) >= 11 is 0. The van der Waals surface area contributed by atoms with Crippen molar-refractivity contribution in [1.29, 1.82) is 0 Å². The SMILES string of the molecule is CCNC(=NCc1ccnc(OC2CCCC2)c1)NCC(C)C. The molecule has 2 rings (SSSR count). The Balaban J connectivity index is 1.92. The van der Waals surface area contributed by atoms with E-state index in [9.17, 15) is 0 Å². The minimum absolute atomic E-state index is 0.339. The summed E-state index contributed by atoms with van der Waals surface area (Å²) in [6, 6.07) is 4.00. The average molecular weight is 318 g/mol. The van der Waals surface area contributed by atoms with Gasteiger partial charge in [-0.1, -0.05) is 13.8 Å². The molecule has 1 heterocycles. The Morgan fingerprint density at radius 1 is 1.35 bits per heavy atom. The molecule has 5 heteroatoms. The van der Waals surface area contributed by atoms with E-state index in [2.05, 4.69) is 41.4 Å². The zero-order valence-corrected chi connectivity index (χ0v) is 14.6. The largest absolute Gasteiger partial charge is 0.474 e. The molecule has 1 saturated carbocycles. The van der Waals surface area contributed by atoms with Crippen LogP contribution in [0.2, 0.25) is 0 Å². The van der Waals surface area contributed by atoms with Crippen molar-refractivity contribution >= 4 is 5.96 Å². The van der Waals surface area contributed by atoms with Crippen LogP contribution in [0.1, 0.15) is 52.0 Å². The molecular formula is C18H30N4O. The molecule has 1 aliphatic rings. The summed E-state index contributed by atoms with van der Waals surface area (Å²) in [5, 5.41) is 6.63. The van der Waals surface area contributed by atoms with Gasteiger partial charge in [0.15, 0.2) is 5.96 Å². The lowest BCUT2D eigenvalue weighted by molar-refractivity contribution is 0.201. The van der Waals surface area contributed by atoms with E-state index >= 15 is 0 Å². The average Bonchev–Trinajstić information content (AvgIpc) is 3.03. The van der Waals surface area contributed by atoms with Gasteiger partial charge in [-0.15, -0.1) is 0 Å². The van der Waals surface area contributed by atoms with Crippen LogP contribution in [0.15, 0.2) is 23.3 Å². The van der Waals surface area contributed by atoms with Gasteiger partial charge in [0.1, 0.15) is 6.10 Å². The van der Waals surface area contributed by atoms with E-state index in [1.54, 1.807) is 0 Å². The lowest BCUT2D eigenvalue weighted by Crippen LogP contribution is -2.39. The summed E-state index contributed by atoms with van der Waals surface area (Å²) in [4.78, 5) is 8.96. The Morgan fingerprint density at radius 2 is 2.13 bits per heavy atom. The summed E-state index contributed by atoms with van der Waals surface area (Å²) < 4.78 is 5.96. The van der Waals surface area contributed by atoms with Crippen molar-refractivity contribution in [3.05, 3.63) is 23.9 Å². The maximum absolute atomic E-state index is 5.96. The van der Waals surface area contributed by atoms with Crippen LogP contribution in [0.25, 0.3) is 0 Å². The fraction of sp³-hybridized carbons (Fsp3) is 0.667.